The summed E-state index contributed by atoms with van der Waals surface area (Å²) in [7, 11) is 4.10. The van der Waals surface area contributed by atoms with Gasteiger partial charge in [0.1, 0.15) is 23.0 Å². The van der Waals surface area contributed by atoms with Gasteiger partial charge in [-0.2, -0.15) is 0 Å². The highest BCUT2D eigenvalue weighted by Crippen LogP contribution is 2.39. The largest absolute Gasteiger partial charge is 0.484 e. The molecule has 0 spiro atoms. The van der Waals surface area contributed by atoms with E-state index in [1.807, 2.05) is 38.2 Å². The molecule has 1 aromatic carbocycles. The summed E-state index contributed by atoms with van der Waals surface area (Å²) in [6, 6.07) is 9.36. The predicted molar refractivity (Wildman–Crippen MR) is 142 cm³/mol. The number of likely N-dealkylation sites (N-methyl/N-ethyl adjacent to an activating group) is 2. The number of H-pyrrole nitrogens is 1. The van der Waals surface area contributed by atoms with E-state index in [2.05, 4.69) is 42.3 Å². The van der Waals surface area contributed by atoms with Gasteiger partial charge in [-0.3, -0.25) is 14.6 Å². The summed E-state index contributed by atoms with van der Waals surface area (Å²) in [6.07, 6.45) is 4.86. The third kappa shape index (κ3) is 4.85. The number of benzene rings is 1. The van der Waals surface area contributed by atoms with Crippen molar-refractivity contribution in [3.8, 4) is 5.75 Å². The van der Waals surface area contributed by atoms with Gasteiger partial charge in [-0.1, -0.05) is 0 Å². The molecule has 36 heavy (non-hydrogen) atoms. The highest BCUT2D eigenvalue weighted by atomic mass is 16.5. The first kappa shape index (κ1) is 23.7. The van der Waals surface area contributed by atoms with E-state index in [1.165, 1.54) is 6.20 Å². The number of carbonyl (C=O) groups excluding carboxylic acids is 1. The fraction of sp³-hybridized carbons (Fsp3) is 0.346. The van der Waals surface area contributed by atoms with Crippen molar-refractivity contribution < 1.29 is 9.53 Å². The minimum absolute atomic E-state index is 0.0128. The number of nitrogens with one attached hydrogen (secondary N) is 3. The van der Waals surface area contributed by atoms with E-state index in [-0.39, 0.29) is 11.7 Å². The molecule has 10 heteroatoms. The lowest BCUT2D eigenvalue weighted by molar-refractivity contribution is 0.102. The van der Waals surface area contributed by atoms with Gasteiger partial charge in [-0.05, 0) is 44.3 Å². The van der Waals surface area contributed by atoms with Crippen molar-refractivity contribution in [2.24, 2.45) is 0 Å². The van der Waals surface area contributed by atoms with Crippen LogP contribution >= 0.6 is 0 Å². The third-order valence-electron chi connectivity index (χ3n) is 6.59. The molecule has 188 valence electrons. The number of pyridine rings is 2. The minimum atomic E-state index is -0.504. The molecular weight excluding hydrogens is 458 g/mol. The average molecular weight is 490 g/mol. The van der Waals surface area contributed by atoms with Crippen LogP contribution in [-0.4, -0.2) is 73.7 Å². The topological polar surface area (TPSA) is 106 Å². The van der Waals surface area contributed by atoms with Crippen LogP contribution in [0, 0.1) is 0 Å². The van der Waals surface area contributed by atoms with Gasteiger partial charge in [0.15, 0.2) is 5.75 Å². The second-order valence-electron chi connectivity index (χ2n) is 9.36. The lowest BCUT2D eigenvalue weighted by Gasteiger charge is -2.34. The molecule has 2 aliphatic rings. The Kier molecular flexibility index (Phi) is 6.51. The molecule has 0 saturated carbocycles. The molecule has 2 aliphatic heterocycles. The van der Waals surface area contributed by atoms with E-state index in [0.717, 1.165) is 44.1 Å². The van der Waals surface area contributed by atoms with Crippen LogP contribution < -0.4 is 30.7 Å². The number of rotatable bonds is 5. The number of fused-ring (bicyclic) bond motifs is 1. The molecule has 0 aliphatic carbocycles. The summed E-state index contributed by atoms with van der Waals surface area (Å²) < 4.78 is 6.06. The van der Waals surface area contributed by atoms with Crippen LogP contribution in [0.2, 0.25) is 0 Å². The molecule has 1 atom stereocenters. The number of aromatic amines is 1. The van der Waals surface area contributed by atoms with Gasteiger partial charge in [0.05, 0.1) is 24.6 Å². The SMILES string of the molecule is CC1CN(C)c2cncc(Nc3cc[nH]c(=O)c3C(=O)Nc3ccc(N4CCN(C)CC4)cc3)c2O1. The summed E-state index contributed by atoms with van der Waals surface area (Å²) in [5.41, 5.74) is 3.01. The number of aromatic nitrogens is 2. The summed E-state index contributed by atoms with van der Waals surface area (Å²) in [6.45, 7) is 6.70. The van der Waals surface area contributed by atoms with Gasteiger partial charge < -0.3 is 35.1 Å². The first-order valence-electron chi connectivity index (χ1n) is 12.1. The molecule has 1 unspecified atom stereocenters. The van der Waals surface area contributed by atoms with Crippen molar-refractivity contribution in [3.63, 3.8) is 0 Å². The summed E-state index contributed by atoms with van der Waals surface area (Å²) in [4.78, 5) is 39.5. The van der Waals surface area contributed by atoms with Crippen LogP contribution in [0.25, 0.3) is 0 Å². The highest BCUT2D eigenvalue weighted by Gasteiger charge is 2.25. The molecule has 0 radical (unpaired) electrons. The lowest BCUT2D eigenvalue weighted by atomic mass is 10.1. The Morgan fingerprint density at radius 2 is 1.81 bits per heavy atom. The molecule has 5 rings (SSSR count). The Balaban J connectivity index is 1.36. The number of carbonyl (C=O) groups is 1. The number of anilines is 5. The smallest absolute Gasteiger partial charge is 0.263 e. The van der Waals surface area contributed by atoms with Crippen LogP contribution in [-0.2, 0) is 0 Å². The van der Waals surface area contributed by atoms with E-state index in [0.29, 0.717) is 22.8 Å². The van der Waals surface area contributed by atoms with Gasteiger partial charge in [0, 0.05) is 50.8 Å². The van der Waals surface area contributed by atoms with Gasteiger partial charge in [0.2, 0.25) is 0 Å². The van der Waals surface area contributed by atoms with Crippen LogP contribution in [0.5, 0.6) is 5.75 Å². The number of piperazine rings is 1. The van der Waals surface area contributed by atoms with E-state index in [4.69, 9.17) is 4.74 Å². The lowest BCUT2D eigenvalue weighted by Crippen LogP contribution is -2.44. The van der Waals surface area contributed by atoms with Crippen molar-refractivity contribution in [2.75, 3.05) is 67.3 Å². The Morgan fingerprint density at radius 1 is 1.06 bits per heavy atom. The van der Waals surface area contributed by atoms with Gasteiger partial charge in [-0.15, -0.1) is 0 Å². The first-order valence-corrected chi connectivity index (χ1v) is 12.1. The van der Waals surface area contributed by atoms with Gasteiger partial charge >= 0.3 is 0 Å². The zero-order chi connectivity index (χ0) is 25.2. The number of hydrogen-bond donors (Lipinski definition) is 3. The Labute approximate surface area is 209 Å². The molecule has 3 N–H and O–H groups in total. The molecule has 1 saturated heterocycles. The Hall–Kier alpha value is -4.05. The van der Waals surface area contributed by atoms with Crippen molar-refractivity contribution >= 4 is 34.3 Å². The molecule has 10 nitrogen and oxygen atoms in total. The Morgan fingerprint density at radius 3 is 2.56 bits per heavy atom. The van der Waals surface area contributed by atoms with Crippen LogP contribution in [0.4, 0.5) is 28.4 Å². The van der Waals surface area contributed by atoms with E-state index >= 15 is 0 Å². The summed E-state index contributed by atoms with van der Waals surface area (Å²) >= 11 is 0. The van der Waals surface area contributed by atoms with Crippen molar-refractivity contribution in [1.29, 1.82) is 0 Å². The van der Waals surface area contributed by atoms with E-state index in [9.17, 15) is 9.59 Å². The van der Waals surface area contributed by atoms with Crippen molar-refractivity contribution in [1.82, 2.24) is 14.9 Å². The molecule has 1 fully saturated rings. The van der Waals surface area contributed by atoms with Crippen LogP contribution in [0.1, 0.15) is 17.3 Å². The summed E-state index contributed by atoms with van der Waals surface area (Å²) in [5.74, 6) is 0.133. The number of amides is 1. The standard InChI is InChI=1S/C26H31N7O3/c1-17-16-32(3)22-15-27-14-21(24(22)36-17)30-20-8-9-28-25(34)23(20)26(35)29-18-4-6-19(7-5-18)33-12-10-31(2)11-13-33/h4-9,14-15,17H,10-13,16H2,1-3H3,(H,29,35)(H2,28,30,34). The number of hydrogen-bond acceptors (Lipinski definition) is 8. The van der Waals surface area contributed by atoms with Crippen molar-refractivity contribution in [2.45, 2.75) is 13.0 Å². The first-order chi connectivity index (χ1) is 17.4. The molecule has 2 aromatic heterocycles. The maximum absolute atomic E-state index is 13.2. The fourth-order valence-electron chi connectivity index (χ4n) is 4.61. The molecular formula is C26H31N7O3. The molecule has 0 bridgehead atoms. The predicted octanol–water partition coefficient (Wildman–Crippen LogP) is 2.73. The number of nitrogens with zero attached hydrogens (tertiary/aromatic N) is 4. The second-order valence-corrected chi connectivity index (χ2v) is 9.36. The van der Waals surface area contributed by atoms with Crippen molar-refractivity contribution in [3.05, 3.63) is 64.8 Å². The minimum Gasteiger partial charge on any atom is -0.484 e. The van der Waals surface area contributed by atoms with E-state index in [1.54, 1.807) is 18.5 Å². The fourth-order valence-corrected chi connectivity index (χ4v) is 4.61. The maximum Gasteiger partial charge on any atom is 0.263 e. The van der Waals surface area contributed by atoms with Gasteiger partial charge in [0.25, 0.3) is 11.5 Å². The third-order valence-corrected chi connectivity index (χ3v) is 6.59. The monoisotopic (exact) mass is 489 g/mol. The molecule has 1 amide bonds. The number of ether oxygens (including phenoxy) is 1. The average Bonchev–Trinajstić information content (AvgIpc) is 2.85. The molecule has 3 aromatic rings. The zero-order valence-electron chi connectivity index (χ0n) is 20.7. The quantitative estimate of drug-likeness (QED) is 0.503. The highest BCUT2D eigenvalue weighted by molar-refractivity contribution is 6.08. The normalized spacial score (nSPS) is 17.8. The van der Waals surface area contributed by atoms with E-state index < -0.39 is 11.5 Å². The second kappa shape index (κ2) is 9.90. The molecule has 4 heterocycles. The van der Waals surface area contributed by atoms with Gasteiger partial charge in [-0.25, -0.2) is 0 Å². The summed E-state index contributed by atoms with van der Waals surface area (Å²) in [5, 5.41) is 6.06. The van der Waals surface area contributed by atoms with Crippen LogP contribution in [0.15, 0.2) is 53.7 Å². The van der Waals surface area contributed by atoms with Crippen LogP contribution in [0.3, 0.4) is 0 Å². The zero-order valence-corrected chi connectivity index (χ0v) is 20.7. The Bertz CT molecular complexity index is 1300. The maximum atomic E-state index is 13.2.